The van der Waals surface area contributed by atoms with E-state index in [1.807, 2.05) is 0 Å². The predicted octanol–water partition coefficient (Wildman–Crippen LogP) is 3.83. The summed E-state index contributed by atoms with van der Waals surface area (Å²) in [5, 5.41) is 0.493. The van der Waals surface area contributed by atoms with Gasteiger partial charge in [-0.25, -0.2) is 0 Å². The quantitative estimate of drug-likeness (QED) is 0.571. The third kappa shape index (κ3) is 3.46. The Hall–Kier alpha value is 0.290. The number of alkyl halides is 1. The average molecular weight is 175 g/mol. The van der Waals surface area contributed by atoms with Crippen LogP contribution in [0.3, 0.4) is 0 Å². The highest BCUT2D eigenvalue weighted by atomic mass is 35.5. The molecule has 0 aromatic carbocycles. The summed E-state index contributed by atoms with van der Waals surface area (Å²) in [6.45, 7) is 4.60. The van der Waals surface area contributed by atoms with Crippen LogP contribution in [0.5, 0.6) is 0 Å². The van der Waals surface area contributed by atoms with Crippen LogP contribution in [-0.2, 0) is 0 Å². The summed E-state index contributed by atoms with van der Waals surface area (Å²) in [5.41, 5.74) is 0. The van der Waals surface area contributed by atoms with Gasteiger partial charge in [0.25, 0.3) is 0 Å². The molecule has 0 bridgehead atoms. The highest BCUT2D eigenvalue weighted by Crippen LogP contribution is 2.33. The van der Waals surface area contributed by atoms with Crippen molar-refractivity contribution in [3.63, 3.8) is 0 Å². The number of rotatable bonds is 3. The summed E-state index contributed by atoms with van der Waals surface area (Å²) in [4.78, 5) is 0. The lowest BCUT2D eigenvalue weighted by atomic mass is 9.97. The van der Waals surface area contributed by atoms with Gasteiger partial charge in [0, 0.05) is 5.38 Å². The molecule has 0 aromatic heterocycles. The summed E-state index contributed by atoms with van der Waals surface area (Å²) < 4.78 is 0. The highest BCUT2D eigenvalue weighted by molar-refractivity contribution is 6.20. The van der Waals surface area contributed by atoms with Crippen LogP contribution in [0.1, 0.15) is 46.0 Å². The molecule has 0 aliphatic heterocycles. The first kappa shape index (κ1) is 9.38. The highest BCUT2D eigenvalue weighted by Gasteiger charge is 2.22. The first-order chi connectivity index (χ1) is 5.18. The Morgan fingerprint density at radius 1 is 1.36 bits per heavy atom. The van der Waals surface area contributed by atoms with Gasteiger partial charge in [-0.05, 0) is 31.1 Å². The summed E-state index contributed by atoms with van der Waals surface area (Å²) in [7, 11) is 0. The lowest BCUT2D eigenvalue weighted by Crippen LogP contribution is -1.98. The molecule has 1 aliphatic carbocycles. The summed E-state index contributed by atoms with van der Waals surface area (Å²) >= 11 is 6.02. The van der Waals surface area contributed by atoms with E-state index in [1.165, 1.54) is 32.1 Å². The van der Waals surface area contributed by atoms with Crippen LogP contribution >= 0.6 is 11.6 Å². The first-order valence-electron chi connectivity index (χ1n) is 4.82. The van der Waals surface area contributed by atoms with Crippen molar-refractivity contribution in [2.75, 3.05) is 0 Å². The van der Waals surface area contributed by atoms with E-state index in [-0.39, 0.29) is 0 Å². The zero-order valence-corrected chi connectivity index (χ0v) is 8.40. The molecule has 0 radical (unpaired) electrons. The molecule has 1 aliphatic rings. The van der Waals surface area contributed by atoms with Gasteiger partial charge in [0.1, 0.15) is 0 Å². The Kier molecular flexibility index (Phi) is 3.71. The Morgan fingerprint density at radius 2 is 2.09 bits per heavy atom. The van der Waals surface area contributed by atoms with E-state index in [1.54, 1.807) is 0 Å². The minimum atomic E-state index is 0.493. The smallest absolute Gasteiger partial charge is 0.0338 e. The summed E-state index contributed by atoms with van der Waals surface area (Å²) in [6, 6.07) is 0. The maximum atomic E-state index is 6.02. The molecule has 1 fully saturated rings. The molecule has 0 heterocycles. The van der Waals surface area contributed by atoms with E-state index in [2.05, 4.69) is 13.8 Å². The molecular formula is C10H19Cl. The van der Waals surface area contributed by atoms with Crippen LogP contribution in [0, 0.1) is 11.8 Å². The van der Waals surface area contributed by atoms with Crippen molar-refractivity contribution in [2.45, 2.75) is 51.3 Å². The molecule has 1 heteroatoms. The van der Waals surface area contributed by atoms with Gasteiger partial charge < -0.3 is 0 Å². The third-order valence-electron chi connectivity index (χ3n) is 2.63. The fourth-order valence-corrected chi connectivity index (χ4v) is 2.22. The Bertz CT molecular complexity index is 109. The van der Waals surface area contributed by atoms with Crippen LogP contribution in [0.4, 0.5) is 0 Å². The van der Waals surface area contributed by atoms with Crippen molar-refractivity contribution in [3.05, 3.63) is 0 Å². The van der Waals surface area contributed by atoms with Crippen LogP contribution in [0.15, 0.2) is 0 Å². The van der Waals surface area contributed by atoms with Gasteiger partial charge in [0.2, 0.25) is 0 Å². The topological polar surface area (TPSA) is 0 Å². The third-order valence-corrected chi connectivity index (χ3v) is 3.03. The van der Waals surface area contributed by atoms with Crippen molar-refractivity contribution in [2.24, 2.45) is 11.8 Å². The van der Waals surface area contributed by atoms with Crippen LogP contribution in [0.2, 0.25) is 0 Å². The molecule has 66 valence electrons. The Balaban J connectivity index is 2.08. The molecule has 2 atom stereocenters. The number of hydrogen-bond donors (Lipinski definition) is 0. The molecule has 11 heavy (non-hydrogen) atoms. The van der Waals surface area contributed by atoms with Crippen molar-refractivity contribution in [3.8, 4) is 0 Å². The number of hydrogen-bond acceptors (Lipinski definition) is 0. The van der Waals surface area contributed by atoms with E-state index in [0.29, 0.717) is 5.38 Å². The van der Waals surface area contributed by atoms with E-state index < -0.39 is 0 Å². The van der Waals surface area contributed by atoms with Crippen molar-refractivity contribution in [1.82, 2.24) is 0 Å². The average Bonchev–Trinajstić information content (AvgIpc) is 2.31. The standard InChI is InChI=1S/C10H19Cl/c1-8(2)3-4-9-5-6-10(11)7-9/h8-10H,3-7H2,1-2H3. The Morgan fingerprint density at radius 3 is 2.55 bits per heavy atom. The molecule has 1 rings (SSSR count). The lowest BCUT2D eigenvalue weighted by Gasteiger charge is -2.10. The van der Waals surface area contributed by atoms with Crippen molar-refractivity contribution < 1.29 is 0 Å². The molecule has 0 nitrogen and oxygen atoms in total. The predicted molar refractivity (Wildman–Crippen MR) is 51.1 cm³/mol. The maximum absolute atomic E-state index is 6.02. The van der Waals surface area contributed by atoms with Crippen molar-refractivity contribution >= 4 is 11.6 Å². The second-order valence-corrected chi connectivity index (χ2v) is 4.86. The molecular weight excluding hydrogens is 156 g/mol. The molecule has 0 amide bonds. The van der Waals surface area contributed by atoms with Gasteiger partial charge in [0.05, 0.1) is 0 Å². The van der Waals surface area contributed by atoms with Crippen LogP contribution in [0.25, 0.3) is 0 Å². The first-order valence-corrected chi connectivity index (χ1v) is 5.26. The van der Waals surface area contributed by atoms with Crippen LogP contribution in [-0.4, -0.2) is 5.38 Å². The fraction of sp³-hybridized carbons (Fsp3) is 1.00. The van der Waals surface area contributed by atoms with E-state index >= 15 is 0 Å². The minimum absolute atomic E-state index is 0.493. The zero-order valence-electron chi connectivity index (χ0n) is 7.65. The minimum Gasteiger partial charge on any atom is -0.123 e. The maximum Gasteiger partial charge on any atom is 0.0338 e. The molecule has 0 spiro atoms. The van der Waals surface area contributed by atoms with E-state index in [9.17, 15) is 0 Å². The van der Waals surface area contributed by atoms with E-state index in [4.69, 9.17) is 11.6 Å². The molecule has 0 aromatic rings. The number of halogens is 1. The Labute approximate surface area is 75.3 Å². The van der Waals surface area contributed by atoms with Gasteiger partial charge >= 0.3 is 0 Å². The molecule has 1 saturated carbocycles. The van der Waals surface area contributed by atoms with Gasteiger partial charge in [-0.3, -0.25) is 0 Å². The molecule has 2 unspecified atom stereocenters. The van der Waals surface area contributed by atoms with E-state index in [0.717, 1.165) is 11.8 Å². The zero-order chi connectivity index (χ0) is 8.27. The van der Waals surface area contributed by atoms with Gasteiger partial charge in [-0.2, -0.15) is 0 Å². The SMILES string of the molecule is CC(C)CCC1CCC(Cl)C1. The van der Waals surface area contributed by atoms with Gasteiger partial charge in [-0.15, -0.1) is 11.6 Å². The monoisotopic (exact) mass is 174 g/mol. The molecule has 0 saturated heterocycles. The van der Waals surface area contributed by atoms with Crippen LogP contribution < -0.4 is 0 Å². The summed E-state index contributed by atoms with van der Waals surface area (Å²) in [5.74, 6) is 1.81. The largest absolute Gasteiger partial charge is 0.123 e. The van der Waals surface area contributed by atoms with Gasteiger partial charge in [0.15, 0.2) is 0 Å². The molecule has 0 N–H and O–H groups in total. The lowest BCUT2D eigenvalue weighted by molar-refractivity contribution is 0.433. The normalized spacial score (nSPS) is 31.6. The fourth-order valence-electron chi connectivity index (χ4n) is 1.85. The second-order valence-electron chi connectivity index (χ2n) is 4.25. The second kappa shape index (κ2) is 4.35. The summed E-state index contributed by atoms with van der Waals surface area (Å²) in [6.07, 6.45) is 6.69. The van der Waals surface area contributed by atoms with Crippen molar-refractivity contribution in [1.29, 1.82) is 0 Å². The van der Waals surface area contributed by atoms with Gasteiger partial charge in [-0.1, -0.05) is 26.7 Å².